The predicted molar refractivity (Wildman–Crippen MR) is 125 cm³/mol. The van der Waals surface area contributed by atoms with Gasteiger partial charge < -0.3 is 20.1 Å². The largest absolute Gasteiger partial charge is 0.493 e. The third-order valence-corrected chi connectivity index (χ3v) is 4.50. The van der Waals surface area contributed by atoms with E-state index in [9.17, 15) is 0 Å². The molecule has 0 fully saturated rings. The average molecular weight is 422 g/mol. The molecule has 0 saturated carbocycles. The van der Waals surface area contributed by atoms with E-state index in [1.165, 1.54) is 5.56 Å². The van der Waals surface area contributed by atoms with Crippen molar-refractivity contribution in [3.05, 3.63) is 78.1 Å². The Labute approximate surface area is 184 Å². The van der Waals surface area contributed by atoms with Crippen molar-refractivity contribution in [1.29, 1.82) is 0 Å². The summed E-state index contributed by atoms with van der Waals surface area (Å²) in [6, 6.07) is 18.2. The van der Waals surface area contributed by atoms with Gasteiger partial charge in [0.1, 0.15) is 5.75 Å². The first-order chi connectivity index (χ1) is 15.3. The summed E-state index contributed by atoms with van der Waals surface area (Å²) >= 11 is 0. The van der Waals surface area contributed by atoms with E-state index in [-0.39, 0.29) is 0 Å². The van der Waals surface area contributed by atoms with Gasteiger partial charge in [-0.1, -0.05) is 36.4 Å². The molecule has 3 aromatic rings. The third kappa shape index (κ3) is 7.79. The fourth-order valence-electron chi connectivity index (χ4n) is 3.02. The van der Waals surface area contributed by atoms with E-state index >= 15 is 0 Å². The van der Waals surface area contributed by atoms with Gasteiger partial charge in [-0.2, -0.15) is 5.10 Å². The van der Waals surface area contributed by atoms with Crippen LogP contribution in [0, 0.1) is 0 Å². The molecule has 0 bridgehead atoms. The molecule has 7 nitrogen and oxygen atoms in total. The number of benzene rings is 2. The van der Waals surface area contributed by atoms with Gasteiger partial charge in [0.25, 0.3) is 0 Å². The zero-order valence-corrected chi connectivity index (χ0v) is 18.3. The Morgan fingerprint density at radius 1 is 1.06 bits per heavy atom. The van der Waals surface area contributed by atoms with Crippen molar-refractivity contribution >= 4 is 11.6 Å². The van der Waals surface area contributed by atoms with Crippen LogP contribution in [0.25, 0.3) is 0 Å². The molecule has 1 aromatic heterocycles. The number of hydrogen-bond donors (Lipinski definition) is 2. The lowest BCUT2D eigenvalue weighted by atomic mass is 10.2. The molecular weight excluding hydrogens is 390 g/mol. The minimum atomic E-state index is 0.539. The second-order valence-corrected chi connectivity index (χ2v) is 7.07. The Balaban J connectivity index is 1.58. The summed E-state index contributed by atoms with van der Waals surface area (Å²) in [6.07, 6.45) is 4.76. The third-order valence-electron chi connectivity index (χ3n) is 4.50. The van der Waals surface area contributed by atoms with Gasteiger partial charge in [0.15, 0.2) is 5.96 Å². The van der Waals surface area contributed by atoms with Gasteiger partial charge in [-0.3, -0.25) is 4.68 Å². The number of anilines is 1. The van der Waals surface area contributed by atoms with Crippen LogP contribution in [0.2, 0.25) is 0 Å². The summed E-state index contributed by atoms with van der Waals surface area (Å²) in [5.74, 6) is 1.54. The summed E-state index contributed by atoms with van der Waals surface area (Å²) in [5, 5.41) is 11.1. The number of nitrogens with zero attached hydrogens (tertiary/aromatic N) is 3. The molecule has 3 rings (SSSR count). The number of hydrogen-bond acceptors (Lipinski definition) is 4. The summed E-state index contributed by atoms with van der Waals surface area (Å²) in [7, 11) is 1.69. The lowest BCUT2D eigenvalue weighted by molar-refractivity contribution is 0.172. The second kappa shape index (κ2) is 12.4. The van der Waals surface area contributed by atoms with E-state index in [4.69, 9.17) is 14.5 Å². The molecular formula is C24H31N5O2. The van der Waals surface area contributed by atoms with Crippen molar-refractivity contribution in [1.82, 2.24) is 15.1 Å². The highest BCUT2D eigenvalue weighted by atomic mass is 16.5. The van der Waals surface area contributed by atoms with E-state index < -0.39 is 0 Å². The molecule has 0 amide bonds. The second-order valence-electron chi connectivity index (χ2n) is 7.07. The monoisotopic (exact) mass is 421 g/mol. The maximum atomic E-state index is 5.78. The number of rotatable bonds is 11. The molecule has 0 spiro atoms. The van der Waals surface area contributed by atoms with Crippen molar-refractivity contribution in [2.24, 2.45) is 4.99 Å². The lowest BCUT2D eigenvalue weighted by Crippen LogP contribution is -2.30. The zero-order chi connectivity index (χ0) is 21.7. The number of methoxy groups -OCH3 is 1. The van der Waals surface area contributed by atoms with Gasteiger partial charge >= 0.3 is 0 Å². The predicted octanol–water partition coefficient (Wildman–Crippen LogP) is 3.92. The van der Waals surface area contributed by atoms with Crippen molar-refractivity contribution in [2.75, 3.05) is 32.2 Å². The van der Waals surface area contributed by atoms with E-state index in [1.54, 1.807) is 7.11 Å². The van der Waals surface area contributed by atoms with Gasteiger partial charge in [0.05, 0.1) is 25.9 Å². The van der Waals surface area contributed by atoms with E-state index in [1.807, 2.05) is 66.5 Å². The molecule has 164 valence electrons. The molecule has 0 aliphatic carbocycles. The van der Waals surface area contributed by atoms with Crippen molar-refractivity contribution in [3.63, 3.8) is 0 Å². The van der Waals surface area contributed by atoms with Crippen LogP contribution >= 0.6 is 0 Å². The first kappa shape index (κ1) is 22.4. The van der Waals surface area contributed by atoms with E-state index in [0.717, 1.165) is 42.5 Å². The average Bonchev–Trinajstić information content (AvgIpc) is 3.23. The summed E-state index contributed by atoms with van der Waals surface area (Å²) < 4.78 is 12.8. The van der Waals surface area contributed by atoms with Gasteiger partial charge in [-0.15, -0.1) is 0 Å². The molecule has 0 saturated heterocycles. The SMILES string of the molecule is CCNC(=NCc1cnn(Cc2ccccc2)c1)Nc1cccc(OCCCOC)c1. The molecule has 0 radical (unpaired) electrons. The summed E-state index contributed by atoms with van der Waals surface area (Å²) in [5.41, 5.74) is 3.20. The molecule has 0 unspecified atom stereocenters. The zero-order valence-electron chi connectivity index (χ0n) is 18.3. The minimum absolute atomic E-state index is 0.539. The summed E-state index contributed by atoms with van der Waals surface area (Å²) in [6.45, 7) is 5.42. The fourth-order valence-corrected chi connectivity index (χ4v) is 3.02. The Hall–Kier alpha value is -3.32. The number of aromatic nitrogens is 2. The molecule has 0 atom stereocenters. The highest BCUT2D eigenvalue weighted by molar-refractivity contribution is 5.93. The number of aliphatic imine (C=N–C) groups is 1. The summed E-state index contributed by atoms with van der Waals surface area (Å²) in [4.78, 5) is 4.70. The van der Waals surface area contributed by atoms with Crippen molar-refractivity contribution < 1.29 is 9.47 Å². The molecule has 2 aromatic carbocycles. The highest BCUT2D eigenvalue weighted by Gasteiger charge is 2.04. The molecule has 31 heavy (non-hydrogen) atoms. The molecule has 1 heterocycles. The van der Waals surface area contributed by atoms with Gasteiger partial charge in [-0.25, -0.2) is 4.99 Å². The van der Waals surface area contributed by atoms with Crippen molar-refractivity contribution in [2.45, 2.75) is 26.4 Å². The minimum Gasteiger partial charge on any atom is -0.493 e. The van der Waals surface area contributed by atoms with Gasteiger partial charge in [-0.05, 0) is 24.6 Å². The normalized spacial score (nSPS) is 11.4. The number of nitrogens with one attached hydrogen (secondary N) is 2. The Morgan fingerprint density at radius 2 is 1.94 bits per heavy atom. The first-order valence-electron chi connectivity index (χ1n) is 10.6. The van der Waals surface area contributed by atoms with Crippen LogP contribution in [-0.4, -0.2) is 42.6 Å². The molecule has 0 aliphatic heterocycles. The van der Waals surface area contributed by atoms with Crippen LogP contribution in [0.3, 0.4) is 0 Å². The van der Waals surface area contributed by atoms with Crippen LogP contribution < -0.4 is 15.4 Å². The highest BCUT2D eigenvalue weighted by Crippen LogP contribution is 2.17. The smallest absolute Gasteiger partial charge is 0.196 e. The Bertz CT molecular complexity index is 940. The quantitative estimate of drug-likeness (QED) is 0.279. The maximum absolute atomic E-state index is 5.78. The molecule has 7 heteroatoms. The Kier molecular flexibility index (Phi) is 8.94. The van der Waals surface area contributed by atoms with Gasteiger partial charge in [0, 0.05) is 50.2 Å². The maximum Gasteiger partial charge on any atom is 0.196 e. The van der Waals surface area contributed by atoms with Crippen molar-refractivity contribution in [3.8, 4) is 5.75 Å². The number of ether oxygens (including phenoxy) is 2. The van der Waals surface area contributed by atoms with Gasteiger partial charge in [0.2, 0.25) is 0 Å². The fraction of sp³-hybridized carbons (Fsp3) is 0.333. The van der Waals surface area contributed by atoms with Crippen LogP contribution in [0.15, 0.2) is 72.0 Å². The lowest BCUT2D eigenvalue weighted by Gasteiger charge is -2.12. The van der Waals surface area contributed by atoms with Crippen LogP contribution in [0.5, 0.6) is 5.75 Å². The van der Waals surface area contributed by atoms with Crippen LogP contribution in [0.1, 0.15) is 24.5 Å². The van der Waals surface area contributed by atoms with Crippen LogP contribution in [-0.2, 0) is 17.8 Å². The molecule has 0 aliphatic rings. The first-order valence-corrected chi connectivity index (χ1v) is 10.6. The Morgan fingerprint density at radius 3 is 2.74 bits per heavy atom. The standard InChI is InChI=1S/C24H31N5O2/c1-3-25-24(28-22-11-7-12-23(15-22)31-14-8-13-30-2)26-16-21-17-27-29(19-21)18-20-9-5-4-6-10-20/h4-7,9-12,15,17,19H,3,8,13-14,16,18H2,1-2H3,(H2,25,26,28). The molecule has 2 N–H and O–H groups in total. The van der Waals surface area contributed by atoms with E-state index in [2.05, 4.69) is 27.9 Å². The van der Waals surface area contributed by atoms with Crippen LogP contribution in [0.4, 0.5) is 5.69 Å². The topological polar surface area (TPSA) is 72.7 Å². The number of guanidine groups is 1. The van der Waals surface area contributed by atoms with E-state index in [0.29, 0.717) is 19.8 Å².